The fourth-order valence-electron chi connectivity index (χ4n) is 2.62. The number of nitrogens with one attached hydrogen (secondary N) is 3. The Kier molecular flexibility index (Phi) is 12.6. The van der Waals surface area contributed by atoms with Gasteiger partial charge in [0.05, 0.1) is 12.5 Å². The maximum absolute atomic E-state index is 12.8. The van der Waals surface area contributed by atoms with E-state index >= 15 is 0 Å². The van der Waals surface area contributed by atoms with E-state index in [1.54, 1.807) is 13.8 Å². The molecule has 188 valence electrons. The molecule has 0 unspecified atom stereocenters. The molecule has 0 aliphatic heterocycles. The number of hydrogen-bond acceptors (Lipinski definition) is 8. The molecule has 6 atom stereocenters. The summed E-state index contributed by atoms with van der Waals surface area (Å²) in [5, 5.41) is 43.0. The van der Waals surface area contributed by atoms with E-state index in [1.165, 1.54) is 6.92 Å². The maximum atomic E-state index is 12.8. The van der Waals surface area contributed by atoms with Crippen LogP contribution in [0.4, 0.5) is 0 Å². The third-order valence-electron chi connectivity index (χ3n) is 4.89. The first-order valence-electron chi connectivity index (χ1n) is 10.2. The molecule has 0 fully saturated rings. The molecule has 0 bridgehead atoms. The lowest BCUT2D eigenvalue weighted by molar-refractivity contribution is -0.147. The third-order valence-corrected chi connectivity index (χ3v) is 4.89. The predicted octanol–water partition coefficient (Wildman–Crippen LogP) is -2.38. The molecule has 0 aromatic carbocycles. The lowest BCUT2D eigenvalue weighted by Gasteiger charge is -2.28. The first-order chi connectivity index (χ1) is 15.2. The van der Waals surface area contributed by atoms with Crippen LogP contribution in [0.15, 0.2) is 0 Å². The fraction of sp³-hybridized carbons (Fsp3) is 0.684. The van der Waals surface area contributed by atoms with Gasteiger partial charge in [0.15, 0.2) is 0 Å². The number of amides is 3. The zero-order valence-electron chi connectivity index (χ0n) is 18.6. The number of rotatable bonds is 15. The van der Waals surface area contributed by atoms with E-state index in [2.05, 4.69) is 16.0 Å². The highest BCUT2D eigenvalue weighted by atomic mass is 16.4. The van der Waals surface area contributed by atoms with Gasteiger partial charge in [-0.05, 0) is 19.3 Å². The van der Waals surface area contributed by atoms with Crippen LogP contribution in [0, 0.1) is 5.92 Å². The first-order valence-corrected chi connectivity index (χ1v) is 10.2. The van der Waals surface area contributed by atoms with Crippen molar-refractivity contribution in [2.75, 3.05) is 0 Å². The van der Waals surface area contributed by atoms with Gasteiger partial charge >= 0.3 is 17.9 Å². The molecular weight excluding hydrogens is 444 g/mol. The molecule has 0 saturated heterocycles. The number of aliphatic hydroxyl groups excluding tert-OH is 1. The Hall–Kier alpha value is -3.26. The molecule has 0 aromatic heterocycles. The predicted molar refractivity (Wildman–Crippen MR) is 112 cm³/mol. The molecule has 0 aliphatic carbocycles. The topological polar surface area (TPSA) is 245 Å². The van der Waals surface area contributed by atoms with E-state index in [0.29, 0.717) is 6.42 Å². The van der Waals surface area contributed by atoms with Gasteiger partial charge in [0.1, 0.15) is 24.2 Å². The van der Waals surface area contributed by atoms with Crippen molar-refractivity contribution >= 4 is 35.6 Å². The van der Waals surface area contributed by atoms with Crippen LogP contribution >= 0.6 is 0 Å². The van der Waals surface area contributed by atoms with Gasteiger partial charge < -0.3 is 42.1 Å². The van der Waals surface area contributed by atoms with Crippen LogP contribution in [0.5, 0.6) is 0 Å². The maximum Gasteiger partial charge on any atom is 0.326 e. The second kappa shape index (κ2) is 14.0. The molecule has 9 N–H and O–H groups in total. The zero-order chi connectivity index (χ0) is 25.9. The molecule has 14 heteroatoms. The van der Waals surface area contributed by atoms with Crippen LogP contribution < -0.4 is 21.7 Å². The largest absolute Gasteiger partial charge is 0.481 e. The van der Waals surface area contributed by atoms with Crippen LogP contribution in [-0.2, 0) is 28.8 Å². The van der Waals surface area contributed by atoms with Gasteiger partial charge in [-0.3, -0.25) is 24.0 Å². The molecule has 0 aromatic rings. The first kappa shape index (κ1) is 29.7. The van der Waals surface area contributed by atoms with Crippen LogP contribution in [0.25, 0.3) is 0 Å². The Morgan fingerprint density at radius 1 is 0.818 bits per heavy atom. The van der Waals surface area contributed by atoms with Crippen molar-refractivity contribution in [1.29, 1.82) is 0 Å². The average Bonchev–Trinajstić information content (AvgIpc) is 2.71. The summed E-state index contributed by atoms with van der Waals surface area (Å²) in [6.07, 6.45) is -2.66. The fourth-order valence-corrected chi connectivity index (χ4v) is 2.62. The van der Waals surface area contributed by atoms with E-state index in [-0.39, 0.29) is 6.42 Å². The summed E-state index contributed by atoms with van der Waals surface area (Å²) in [5.41, 5.74) is 5.53. The van der Waals surface area contributed by atoms with Gasteiger partial charge in [-0.1, -0.05) is 20.3 Å². The van der Waals surface area contributed by atoms with Gasteiger partial charge in [-0.15, -0.1) is 0 Å². The van der Waals surface area contributed by atoms with Crippen molar-refractivity contribution in [1.82, 2.24) is 16.0 Å². The number of carbonyl (C=O) groups excluding carboxylic acids is 3. The van der Waals surface area contributed by atoms with Crippen LogP contribution in [0.1, 0.15) is 46.5 Å². The molecular formula is C19H32N4O10. The summed E-state index contributed by atoms with van der Waals surface area (Å²) in [4.78, 5) is 70.7. The molecule has 0 rings (SSSR count). The number of aliphatic hydroxyl groups is 1. The number of carboxylic acids is 3. The summed E-state index contributed by atoms with van der Waals surface area (Å²) >= 11 is 0. The number of aliphatic carboxylic acids is 3. The Morgan fingerprint density at radius 2 is 1.36 bits per heavy atom. The van der Waals surface area contributed by atoms with E-state index in [4.69, 9.17) is 21.1 Å². The average molecular weight is 476 g/mol. The molecule has 3 amide bonds. The molecule has 0 spiro atoms. The molecule has 0 saturated carbocycles. The van der Waals surface area contributed by atoms with E-state index in [9.17, 15) is 33.9 Å². The smallest absolute Gasteiger partial charge is 0.326 e. The minimum absolute atomic E-state index is 0.355. The standard InChI is InChI=1S/C19H32N4O10/c1-4-8(2)15(18(31)22-11(19(32)33)7-13(27)28)23-16(29)10(5-6-12(25)26)21-17(30)14(20)9(3)24/h8-11,14-15,24H,4-7,20H2,1-3H3,(H,21,30)(H,22,31)(H,23,29)(H,25,26)(H,27,28)(H,32,33)/t8-,9+,10-,11-,14-,15-/m0/s1. The lowest BCUT2D eigenvalue weighted by Crippen LogP contribution is -2.59. The minimum atomic E-state index is -1.75. The van der Waals surface area contributed by atoms with Gasteiger partial charge in [0.25, 0.3) is 0 Å². The summed E-state index contributed by atoms with van der Waals surface area (Å²) in [6.45, 7) is 4.51. The number of nitrogens with two attached hydrogens (primary N) is 1. The Labute approximate surface area is 189 Å². The van der Waals surface area contributed by atoms with Crippen molar-refractivity contribution in [2.45, 2.75) is 76.7 Å². The highest BCUT2D eigenvalue weighted by Gasteiger charge is 2.33. The van der Waals surface area contributed by atoms with E-state index in [0.717, 1.165) is 0 Å². The second-order valence-corrected chi connectivity index (χ2v) is 7.63. The van der Waals surface area contributed by atoms with Crippen molar-refractivity contribution in [3.63, 3.8) is 0 Å². The highest BCUT2D eigenvalue weighted by molar-refractivity contribution is 5.95. The molecule has 0 radical (unpaired) electrons. The SMILES string of the molecule is CC[C@H](C)[C@H](NC(=O)[C@H](CCC(=O)O)NC(=O)[C@@H](N)[C@@H](C)O)C(=O)N[C@@H](CC(=O)O)C(=O)O. The summed E-state index contributed by atoms with van der Waals surface area (Å²) in [7, 11) is 0. The number of carboxylic acid groups (broad SMARTS) is 3. The summed E-state index contributed by atoms with van der Waals surface area (Å²) in [6, 6.07) is -5.88. The van der Waals surface area contributed by atoms with Crippen LogP contribution in [0.3, 0.4) is 0 Å². The summed E-state index contributed by atoms with van der Waals surface area (Å²) < 4.78 is 0. The van der Waals surface area contributed by atoms with Gasteiger partial charge in [-0.2, -0.15) is 0 Å². The monoisotopic (exact) mass is 476 g/mol. The van der Waals surface area contributed by atoms with E-state index in [1.807, 2.05) is 0 Å². The van der Waals surface area contributed by atoms with Crippen molar-refractivity contribution in [3.8, 4) is 0 Å². The summed E-state index contributed by atoms with van der Waals surface area (Å²) in [5.74, 6) is -7.66. The van der Waals surface area contributed by atoms with Gasteiger partial charge in [0, 0.05) is 6.42 Å². The van der Waals surface area contributed by atoms with Crippen molar-refractivity contribution < 1.29 is 49.2 Å². The van der Waals surface area contributed by atoms with Crippen LogP contribution in [0.2, 0.25) is 0 Å². The molecule has 0 heterocycles. The minimum Gasteiger partial charge on any atom is -0.481 e. The van der Waals surface area contributed by atoms with Crippen molar-refractivity contribution in [2.24, 2.45) is 11.7 Å². The quantitative estimate of drug-likeness (QED) is 0.124. The molecule has 0 aliphatic rings. The molecule has 14 nitrogen and oxygen atoms in total. The Morgan fingerprint density at radius 3 is 1.79 bits per heavy atom. The number of hydrogen-bond donors (Lipinski definition) is 8. The third kappa shape index (κ3) is 10.7. The second-order valence-electron chi connectivity index (χ2n) is 7.63. The normalized spacial score (nSPS) is 16.3. The van der Waals surface area contributed by atoms with Gasteiger partial charge in [-0.25, -0.2) is 4.79 Å². The van der Waals surface area contributed by atoms with Crippen LogP contribution in [-0.4, -0.2) is 86.3 Å². The molecule has 33 heavy (non-hydrogen) atoms. The zero-order valence-corrected chi connectivity index (χ0v) is 18.6. The van der Waals surface area contributed by atoms with E-state index < -0.39 is 84.7 Å². The number of carbonyl (C=O) groups is 6. The van der Waals surface area contributed by atoms with Crippen molar-refractivity contribution in [3.05, 3.63) is 0 Å². The Balaban J connectivity index is 5.65. The lowest BCUT2D eigenvalue weighted by atomic mass is 9.97. The highest BCUT2D eigenvalue weighted by Crippen LogP contribution is 2.10. The Bertz CT molecular complexity index is 742. The van der Waals surface area contributed by atoms with Gasteiger partial charge in [0.2, 0.25) is 17.7 Å².